The Morgan fingerprint density at radius 1 is 1.12 bits per heavy atom. The van der Waals surface area contributed by atoms with Gasteiger partial charge in [0.05, 0.1) is 19.1 Å². The van der Waals surface area contributed by atoms with E-state index >= 15 is 0 Å². The number of nitrogens with two attached hydrogens (primary N) is 1. The van der Waals surface area contributed by atoms with Gasteiger partial charge in [0, 0.05) is 31.4 Å². The molecule has 3 fully saturated rings. The Morgan fingerprint density at radius 2 is 1.77 bits per heavy atom. The van der Waals surface area contributed by atoms with Crippen LogP contribution in [0.3, 0.4) is 0 Å². The van der Waals surface area contributed by atoms with Crippen molar-refractivity contribution in [1.82, 2.24) is 4.90 Å². The Bertz CT molecular complexity index is 591. The molecule has 0 radical (unpaired) electrons. The van der Waals surface area contributed by atoms with Gasteiger partial charge < -0.3 is 15.8 Å². The van der Waals surface area contributed by atoms with Crippen molar-refractivity contribution in [2.24, 2.45) is 23.5 Å². The van der Waals surface area contributed by atoms with Gasteiger partial charge in [-0.05, 0) is 48.8 Å². The molecule has 1 amide bonds. The maximum atomic E-state index is 12.6. The zero-order chi connectivity index (χ0) is 16.5. The Hall–Kier alpha value is -0.850. The van der Waals surface area contributed by atoms with E-state index in [0.717, 1.165) is 51.4 Å². The van der Waals surface area contributed by atoms with Gasteiger partial charge in [0.2, 0.25) is 5.91 Å². The smallest absolute Gasteiger partial charge is 0.229 e. The van der Waals surface area contributed by atoms with Crippen molar-refractivity contribution in [3.63, 3.8) is 0 Å². The van der Waals surface area contributed by atoms with Crippen LogP contribution in [0, 0.1) is 17.8 Å². The lowest BCUT2D eigenvalue weighted by molar-refractivity contribution is -0.121. The van der Waals surface area contributed by atoms with Crippen LogP contribution in [0.4, 0.5) is 5.69 Å². The Balaban J connectivity index is 0.00000121. The van der Waals surface area contributed by atoms with Crippen molar-refractivity contribution in [3.8, 4) is 0 Å². The molecule has 2 saturated carbocycles. The summed E-state index contributed by atoms with van der Waals surface area (Å²) < 4.78 is 5.38. The Labute approximate surface area is 167 Å². The van der Waals surface area contributed by atoms with Crippen LogP contribution in [-0.4, -0.2) is 43.2 Å². The molecule has 7 heteroatoms. The van der Waals surface area contributed by atoms with E-state index in [1.165, 1.54) is 12.0 Å². The zero-order valence-electron chi connectivity index (χ0n) is 14.9. The van der Waals surface area contributed by atoms with E-state index in [1.54, 1.807) is 0 Å². The van der Waals surface area contributed by atoms with Gasteiger partial charge in [-0.15, -0.1) is 24.8 Å². The summed E-state index contributed by atoms with van der Waals surface area (Å²) in [5.74, 6) is 1.15. The highest BCUT2D eigenvalue weighted by molar-refractivity contribution is 5.93. The lowest BCUT2D eigenvalue weighted by Crippen LogP contribution is -2.42. The maximum Gasteiger partial charge on any atom is 0.229 e. The number of ether oxygens (including phenoxy) is 1. The van der Waals surface area contributed by atoms with Gasteiger partial charge in [0.25, 0.3) is 0 Å². The summed E-state index contributed by atoms with van der Waals surface area (Å²) in [4.78, 5) is 15.0. The summed E-state index contributed by atoms with van der Waals surface area (Å²) in [5.41, 5.74) is 8.42. The molecule has 1 aromatic rings. The van der Waals surface area contributed by atoms with Crippen LogP contribution in [0.2, 0.25) is 0 Å². The summed E-state index contributed by atoms with van der Waals surface area (Å²) in [6, 6.07) is 8.26. The van der Waals surface area contributed by atoms with Crippen molar-refractivity contribution in [3.05, 3.63) is 29.8 Å². The second-order valence-electron chi connectivity index (χ2n) is 7.51. The van der Waals surface area contributed by atoms with Gasteiger partial charge in [-0.2, -0.15) is 0 Å². The minimum atomic E-state index is -0.00298. The molecular formula is C19H29Cl2N3O2. The number of nitrogens with one attached hydrogen (secondary N) is 1. The monoisotopic (exact) mass is 401 g/mol. The molecular weight excluding hydrogens is 373 g/mol. The van der Waals surface area contributed by atoms with E-state index in [9.17, 15) is 4.79 Å². The molecule has 1 aliphatic heterocycles. The highest BCUT2D eigenvalue weighted by atomic mass is 35.5. The highest BCUT2D eigenvalue weighted by Gasteiger charge is 2.49. The first-order valence-corrected chi connectivity index (χ1v) is 9.16. The summed E-state index contributed by atoms with van der Waals surface area (Å²) in [5, 5.41) is 3.08. The van der Waals surface area contributed by atoms with Crippen LogP contribution in [0.5, 0.6) is 0 Å². The third-order valence-corrected chi connectivity index (χ3v) is 6.01. The predicted molar refractivity (Wildman–Crippen MR) is 108 cm³/mol. The van der Waals surface area contributed by atoms with Crippen LogP contribution in [0.25, 0.3) is 0 Å². The van der Waals surface area contributed by atoms with Crippen molar-refractivity contribution >= 4 is 36.4 Å². The number of carbonyl (C=O) groups excluding carboxylic acids is 1. The first-order chi connectivity index (χ1) is 11.7. The van der Waals surface area contributed by atoms with Crippen LogP contribution < -0.4 is 11.1 Å². The first kappa shape index (κ1) is 21.5. The molecule has 3 aliphatic rings. The average molecular weight is 402 g/mol. The summed E-state index contributed by atoms with van der Waals surface area (Å²) in [7, 11) is 0. The van der Waals surface area contributed by atoms with Crippen molar-refractivity contribution in [2.45, 2.75) is 31.8 Å². The quantitative estimate of drug-likeness (QED) is 0.813. The predicted octanol–water partition coefficient (Wildman–Crippen LogP) is 2.67. The normalized spacial score (nSPS) is 30.3. The van der Waals surface area contributed by atoms with E-state index in [1.807, 2.05) is 12.1 Å². The second-order valence-corrected chi connectivity index (χ2v) is 7.51. The third kappa shape index (κ3) is 4.52. The van der Waals surface area contributed by atoms with E-state index in [2.05, 4.69) is 22.3 Å². The number of rotatable bonds is 4. The van der Waals surface area contributed by atoms with Gasteiger partial charge in [0.15, 0.2) is 0 Å². The zero-order valence-corrected chi connectivity index (χ0v) is 16.6. The maximum absolute atomic E-state index is 12.6. The van der Waals surface area contributed by atoms with Crippen LogP contribution >= 0.6 is 24.8 Å². The van der Waals surface area contributed by atoms with Crippen LogP contribution in [-0.2, 0) is 16.1 Å². The molecule has 2 aliphatic carbocycles. The Morgan fingerprint density at radius 3 is 2.38 bits per heavy atom. The number of morpholine rings is 1. The molecule has 1 aromatic carbocycles. The van der Waals surface area contributed by atoms with Crippen molar-refractivity contribution in [1.29, 1.82) is 0 Å². The molecule has 4 unspecified atom stereocenters. The molecule has 3 N–H and O–H groups in total. The van der Waals surface area contributed by atoms with Gasteiger partial charge in [-0.1, -0.05) is 12.1 Å². The van der Waals surface area contributed by atoms with Gasteiger partial charge >= 0.3 is 0 Å². The topological polar surface area (TPSA) is 67.6 Å². The van der Waals surface area contributed by atoms with Crippen LogP contribution in [0.15, 0.2) is 24.3 Å². The third-order valence-electron chi connectivity index (χ3n) is 6.01. The van der Waals surface area contributed by atoms with Gasteiger partial charge in [0.1, 0.15) is 0 Å². The van der Waals surface area contributed by atoms with Gasteiger partial charge in [-0.3, -0.25) is 9.69 Å². The lowest BCUT2D eigenvalue weighted by atomic mass is 9.84. The largest absolute Gasteiger partial charge is 0.379 e. The standard InChI is InChI=1S/C19H27N3O2.2ClH/c20-18-15-4-3-14(11-15)17(18)19(23)21-16-5-1-13(2-6-16)12-22-7-9-24-10-8-22;;/h1-2,5-6,14-15,17-18H,3-4,7-12,20H2,(H,21,23);2*1H. The molecule has 4 atom stereocenters. The van der Waals surface area contributed by atoms with Crippen LogP contribution in [0.1, 0.15) is 24.8 Å². The molecule has 2 bridgehead atoms. The number of halogens is 2. The fraction of sp³-hybridized carbons (Fsp3) is 0.632. The molecule has 0 spiro atoms. The second kappa shape index (κ2) is 9.38. The number of amides is 1. The van der Waals surface area contributed by atoms with E-state index < -0.39 is 0 Å². The molecule has 5 nitrogen and oxygen atoms in total. The summed E-state index contributed by atoms with van der Waals surface area (Å²) >= 11 is 0. The lowest BCUT2D eigenvalue weighted by Gasteiger charge is -2.27. The number of benzene rings is 1. The molecule has 0 aromatic heterocycles. The Kier molecular flexibility index (Phi) is 7.74. The number of anilines is 1. The molecule has 1 heterocycles. The van der Waals surface area contributed by atoms with E-state index in [4.69, 9.17) is 10.5 Å². The SMILES string of the molecule is Cl.Cl.NC1C2CCC(C2)C1C(=O)Nc1ccc(CN2CCOCC2)cc1. The van der Waals surface area contributed by atoms with E-state index in [-0.39, 0.29) is 42.7 Å². The van der Waals surface area contributed by atoms with E-state index in [0.29, 0.717) is 11.8 Å². The number of hydrogen-bond acceptors (Lipinski definition) is 4. The average Bonchev–Trinajstić information content (AvgIpc) is 3.18. The van der Waals surface area contributed by atoms with Crippen molar-refractivity contribution in [2.75, 3.05) is 31.6 Å². The van der Waals surface area contributed by atoms with Gasteiger partial charge in [-0.25, -0.2) is 0 Å². The number of fused-ring (bicyclic) bond motifs is 2. The molecule has 1 saturated heterocycles. The summed E-state index contributed by atoms with van der Waals surface area (Å²) in [6.07, 6.45) is 3.50. The molecule has 146 valence electrons. The fourth-order valence-electron chi connectivity index (χ4n) is 4.66. The molecule has 4 rings (SSSR count). The fourth-order valence-corrected chi connectivity index (χ4v) is 4.66. The number of hydrogen-bond donors (Lipinski definition) is 2. The minimum absolute atomic E-state index is 0. The minimum Gasteiger partial charge on any atom is -0.379 e. The van der Waals surface area contributed by atoms with Crippen molar-refractivity contribution < 1.29 is 9.53 Å². The number of nitrogens with zero attached hydrogens (tertiary/aromatic N) is 1. The molecule has 26 heavy (non-hydrogen) atoms. The first-order valence-electron chi connectivity index (χ1n) is 9.16. The highest BCUT2D eigenvalue weighted by Crippen LogP contribution is 2.47. The summed E-state index contributed by atoms with van der Waals surface area (Å²) in [6.45, 7) is 4.55. The number of carbonyl (C=O) groups is 1.